The summed E-state index contributed by atoms with van der Waals surface area (Å²) >= 11 is 1.62. The maximum absolute atomic E-state index is 10.5. The van der Waals surface area contributed by atoms with Gasteiger partial charge in [-0.25, -0.2) is 4.79 Å². The second-order valence-electron chi connectivity index (χ2n) is 2.35. The molecule has 2 aromatic rings. The summed E-state index contributed by atoms with van der Waals surface area (Å²) in [6.45, 7) is 0. The van der Waals surface area contributed by atoms with Crippen molar-refractivity contribution >= 4 is 11.3 Å². The zero-order chi connectivity index (χ0) is 8.39. The Labute approximate surface area is 71.8 Å². The van der Waals surface area contributed by atoms with Crippen LogP contribution in [0, 0.1) is 0 Å². The third-order valence-corrected chi connectivity index (χ3v) is 2.17. The van der Waals surface area contributed by atoms with Gasteiger partial charge < -0.3 is 0 Å². The van der Waals surface area contributed by atoms with Gasteiger partial charge >= 0.3 is 5.76 Å². The number of aromatic nitrogens is 2. The topological polar surface area (TPSA) is 58.9 Å². The van der Waals surface area contributed by atoms with Crippen molar-refractivity contribution in [3.63, 3.8) is 0 Å². The lowest BCUT2D eigenvalue weighted by molar-refractivity contribution is 0.382. The largest absolute Gasteiger partial charge is 0.438 e. The molecule has 12 heavy (non-hydrogen) atoms. The Balaban J connectivity index is 2.19. The van der Waals surface area contributed by atoms with Gasteiger partial charge in [0.1, 0.15) is 0 Å². The van der Waals surface area contributed by atoms with E-state index < -0.39 is 5.76 Å². The van der Waals surface area contributed by atoms with E-state index in [1.165, 1.54) is 0 Å². The van der Waals surface area contributed by atoms with E-state index in [1.807, 2.05) is 16.8 Å². The molecule has 0 amide bonds. The Morgan fingerprint density at radius 3 is 3.17 bits per heavy atom. The maximum atomic E-state index is 10.5. The molecule has 0 saturated carbocycles. The van der Waals surface area contributed by atoms with E-state index in [4.69, 9.17) is 0 Å². The lowest BCUT2D eigenvalue weighted by atomic mass is 10.2. The number of hydrogen-bond donors (Lipinski definition) is 1. The highest BCUT2D eigenvalue weighted by Gasteiger charge is 2.01. The van der Waals surface area contributed by atoms with E-state index in [1.54, 1.807) is 11.3 Å². The SMILES string of the molecule is O=c1[nH]c(Cc2ccsc2)no1. The van der Waals surface area contributed by atoms with Crippen LogP contribution in [0.25, 0.3) is 0 Å². The molecule has 4 nitrogen and oxygen atoms in total. The average Bonchev–Trinajstić information content (AvgIpc) is 2.63. The van der Waals surface area contributed by atoms with Gasteiger partial charge in [0.25, 0.3) is 0 Å². The third kappa shape index (κ3) is 1.45. The molecule has 1 N–H and O–H groups in total. The molecule has 2 rings (SSSR count). The fraction of sp³-hybridized carbons (Fsp3) is 0.143. The van der Waals surface area contributed by atoms with Gasteiger partial charge in [-0.15, -0.1) is 0 Å². The predicted molar refractivity (Wildman–Crippen MR) is 44.2 cm³/mol. The van der Waals surface area contributed by atoms with Crippen LogP contribution in [0.1, 0.15) is 11.4 Å². The molecule has 0 aliphatic heterocycles. The number of nitrogens with zero attached hydrogens (tertiary/aromatic N) is 1. The van der Waals surface area contributed by atoms with Crippen molar-refractivity contribution in [2.75, 3.05) is 0 Å². The van der Waals surface area contributed by atoms with Crippen LogP contribution in [0.15, 0.2) is 26.1 Å². The number of H-pyrrole nitrogens is 1. The number of nitrogens with one attached hydrogen (secondary N) is 1. The summed E-state index contributed by atoms with van der Waals surface area (Å²) in [4.78, 5) is 13.0. The first-order chi connectivity index (χ1) is 5.84. The number of aromatic amines is 1. The van der Waals surface area contributed by atoms with Crippen LogP contribution in [0.4, 0.5) is 0 Å². The zero-order valence-electron chi connectivity index (χ0n) is 6.11. The Kier molecular flexibility index (Phi) is 1.79. The van der Waals surface area contributed by atoms with E-state index >= 15 is 0 Å². The monoisotopic (exact) mass is 182 g/mol. The summed E-state index contributed by atoms with van der Waals surface area (Å²) < 4.78 is 4.36. The van der Waals surface area contributed by atoms with Gasteiger partial charge in [0.2, 0.25) is 0 Å². The minimum atomic E-state index is -0.500. The van der Waals surface area contributed by atoms with Gasteiger partial charge in [-0.3, -0.25) is 9.51 Å². The van der Waals surface area contributed by atoms with Crippen LogP contribution in [-0.4, -0.2) is 10.1 Å². The van der Waals surface area contributed by atoms with E-state index in [9.17, 15) is 4.79 Å². The fourth-order valence-electron chi connectivity index (χ4n) is 0.923. The predicted octanol–water partition coefficient (Wildman–Crippen LogP) is 1.02. The molecule has 0 aromatic carbocycles. The zero-order valence-corrected chi connectivity index (χ0v) is 6.93. The molecule has 0 fully saturated rings. The molecule has 62 valence electrons. The molecule has 5 heteroatoms. The normalized spacial score (nSPS) is 10.3. The first-order valence-electron chi connectivity index (χ1n) is 3.40. The van der Waals surface area contributed by atoms with Crippen LogP contribution in [0.3, 0.4) is 0 Å². The molecule has 2 heterocycles. The van der Waals surface area contributed by atoms with E-state index in [-0.39, 0.29) is 0 Å². The average molecular weight is 182 g/mol. The second kappa shape index (κ2) is 2.94. The van der Waals surface area contributed by atoms with Gasteiger partial charge in [-0.1, -0.05) is 5.16 Å². The minimum Gasteiger partial charge on any atom is -0.296 e. The van der Waals surface area contributed by atoms with Gasteiger partial charge in [0.15, 0.2) is 5.82 Å². The maximum Gasteiger partial charge on any atom is 0.438 e. The molecule has 2 aromatic heterocycles. The molecular weight excluding hydrogens is 176 g/mol. The summed E-state index contributed by atoms with van der Waals surface area (Å²) in [6, 6.07) is 1.98. The molecule has 0 bridgehead atoms. The van der Waals surface area contributed by atoms with Crippen molar-refractivity contribution in [3.8, 4) is 0 Å². The van der Waals surface area contributed by atoms with Crippen molar-refractivity contribution in [2.24, 2.45) is 0 Å². The van der Waals surface area contributed by atoms with Crippen molar-refractivity contribution in [1.82, 2.24) is 10.1 Å². The van der Waals surface area contributed by atoms with Crippen molar-refractivity contribution in [3.05, 3.63) is 38.8 Å². The van der Waals surface area contributed by atoms with Crippen LogP contribution < -0.4 is 5.76 Å². The molecule has 0 aliphatic carbocycles. The number of rotatable bonds is 2. The van der Waals surface area contributed by atoms with Gasteiger partial charge in [0.05, 0.1) is 0 Å². The van der Waals surface area contributed by atoms with Crippen LogP contribution >= 0.6 is 11.3 Å². The highest BCUT2D eigenvalue weighted by atomic mass is 32.1. The lowest BCUT2D eigenvalue weighted by Gasteiger charge is -1.87. The van der Waals surface area contributed by atoms with Crippen LogP contribution in [0.2, 0.25) is 0 Å². The van der Waals surface area contributed by atoms with Crippen LogP contribution in [0.5, 0.6) is 0 Å². The number of thiophene rings is 1. The van der Waals surface area contributed by atoms with Gasteiger partial charge in [-0.2, -0.15) is 11.3 Å². The Morgan fingerprint density at radius 2 is 2.58 bits per heavy atom. The van der Waals surface area contributed by atoms with Crippen LogP contribution in [-0.2, 0) is 6.42 Å². The minimum absolute atomic E-state index is 0.500. The fourth-order valence-corrected chi connectivity index (χ4v) is 1.59. The van der Waals surface area contributed by atoms with Crippen molar-refractivity contribution in [2.45, 2.75) is 6.42 Å². The van der Waals surface area contributed by atoms with E-state index in [0.717, 1.165) is 5.56 Å². The summed E-state index contributed by atoms with van der Waals surface area (Å²) in [6.07, 6.45) is 0.620. The Morgan fingerprint density at radius 1 is 1.67 bits per heavy atom. The summed E-state index contributed by atoms with van der Waals surface area (Å²) in [5.74, 6) is 0.0682. The van der Waals surface area contributed by atoms with E-state index in [2.05, 4.69) is 14.7 Å². The van der Waals surface area contributed by atoms with Crippen molar-refractivity contribution < 1.29 is 4.52 Å². The molecule has 0 aliphatic rings. The Hall–Kier alpha value is -1.36. The first-order valence-corrected chi connectivity index (χ1v) is 4.35. The summed E-state index contributed by atoms with van der Waals surface area (Å²) in [7, 11) is 0. The summed E-state index contributed by atoms with van der Waals surface area (Å²) in [5, 5.41) is 7.54. The van der Waals surface area contributed by atoms with E-state index in [0.29, 0.717) is 12.2 Å². The summed E-state index contributed by atoms with van der Waals surface area (Å²) in [5.41, 5.74) is 1.13. The first kappa shape index (κ1) is 7.30. The highest BCUT2D eigenvalue weighted by Crippen LogP contribution is 2.08. The smallest absolute Gasteiger partial charge is 0.296 e. The van der Waals surface area contributed by atoms with Gasteiger partial charge in [-0.05, 0) is 22.4 Å². The molecular formula is C7H6N2O2S. The molecule has 0 atom stereocenters. The quantitative estimate of drug-likeness (QED) is 0.754. The second-order valence-corrected chi connectivity index (χ2v) is 3.13. The lowest BCUT2D eigenvalue weighted by Crippen LogP contribution is -1.97. The van der Waals surface area contributed by atoms with Gasteiger partial charge in [0, 0.05) is 6.42 Å². The van der Waals surface area contributed by atoms with Crippen molar-refractivity contribution in [1.29, 1.82) is 0 Å². The molecule has 0 spiro atoms. The standard InChI is InChI=1S/C7H6N2O2S/c10-7-8-6(9-11-7)3-5-1-2-12-4-5/h1-2,4H,3H2,(H,8,9,10). The highest BCUT2D eigenvalue weighted by molar-refractivity contribution is 7.07. The molecule has 0 radical (unpaired) electrons. The third-order valence-electron chi connectivity index (χ3n) is 1.44. The molecule has 0 saturated heterocycles. The molecule has 0 unspecified atom stereocenters. The number of hydrogen-bond acceptors (Lipinski definition) is 4. The Bertz CT molecular complexity index is 401.